The minimum Gasteiger partial charge on any atom is -0.324 e. The molecule has 1 amide bonds. The van der Waals surface area contributed by atoms with Gasteiger partial charge in [-0.15, -0.1) is 0 Å². The van der Waals surface area contributed by atoms with Crippen LogP contribution in [-0.2, 0) is 4.79 Å². The number of aryl methyl sites for hydroxylation is 1. The fourth-order valence-corrected chi connectivity index (χ4v) is 4.68. The molecule has 27 heavy (non-hydrogen) atoms. The van der Waals surface area contributed by atoms with Crippen LogP contribution in [0.5, 0.6) is 0 Å². The van der Waals surface area contributed by atoms with E-state index in [0.717, 1.165) is 21.5 Å². The molecule has 0 unspecified atom stereocenters. The van der Waals surface area contributed by atoms with Gasteiger partial charge < -0.3 is 5.32 Å². The van der Waals surface area contributed by atoms with Crippen LogP contribution in [0.25, 0.3) is 10.9 Å². The van der Waals surface area contributed by atoms with E-state index in [-0.39, 0.29) is 5.91 Å². The molecule has 0 bridgehead atoms. The molecule has 4 heteroatoms. The second-order valence-electron chi connectivity index (χ2n) is 7.33. The number of hydrogen-bond acceptors (Lipinski definition) is 3. The van der Waals surface area contributed by atoms with Gasteiger partial charge in [-0.1, -0.05) is 48.4 Å². The van der Waals surface area contributed by atoms with Gasteiger partial charge in [0, 0.05) is 27.8 Å². The summed E-state index contributed by atoms with van der Waals surface area (Å²) < 4.78 is 0. The maximum atomic E-state index is 12.5. The molecule has 1 fully saturated rings. The van der Waals surface area contributed by atoms with Gasteiger partial charge in [0.2, 0.25) is 5.91 Å². The minimum atomic E-state index is 0.104. The summed E-state index contributed by atoms with van der Waals surface area (Å²) in [7, 11) is 0. The highest BCUT2D eigenvalue weighted by atomic mass is 32.2. The Balaban J connectivity index is 1.57. The lowest BCUT2D eigenvalue weighted by Crippen LogP contribution is -2.15. The van der Waals surface area contributed by atoms with E-state index in [4.69, 9.17) is 0 Å². The van der Waals surface area contributed by atoms with Gasteiger partial charge in [-0.2, -0.15) is 0 Å². The van der Waals surface area contributed by atoms with Crippen molar-refractivity contribution in [2.75, 3.05) is 5.32 Å². The third kappa shape index (κ3) is 4.33. The minimum absolute atomic E-state index is 0.104. The lowest BCUT2D eigenvalue weighted by Gasteiger charge is -2.13. The Kier molecular flexibility index (Phi) is 5.44. The van der Waals surface area contributed by atoms with E-state index in [9.17, 15) is 4.79 Å². The predicted octanol–water partition coefficient (Wildman–Crippen LogP) is 6.21. The second-order valence-corrected chi connectivity index (χ2v) is 8.44. The maximum absolute atomic E-state index is 12.5. The molecule has 1 heterocycles. The topological polar surface area (TPSA) is 42.0 Å². The van der Waals surface area contributed by atoms with Crippen molar-refractivity contribution in [1.82, 2.24) is 4.98 Å². The number of pyridine rings is 1. The Labute approximate surface area is 164 Å². The van der Waals surface area contributed by atoms with Gasteiger partial charge in [0.15, 0.2) is 0 Å². The van der Waals surface area contributed by atoms with Crippen molar-refractivity contribution in [3.05, 3.63) is 60.3 Å². The summed E-state index contributed by atoms with van der Waals surface area (Å²) in [5.41, 5.74) is 2.92. The smallest absolute Gasteiger partial charge is 0.224 e. The standard InChI is InChI=1S/C23H24N2OS/c1-16-8-10-18(11-9-16)27-21-13-12-20(23-19(21)7-4-14-24-23)25-22(26)15-17-5-2-3-6-17/h4,7-14,17H,2-3,5-6,15H2,1H3,(H,25,26). The van der Waals surface area contributed by atoms with Gasteiger partial charge in [0.1, 0.15) is 0 Å². The number of nitrogens with zero attached hydrogens (tertiary/aromatic N) is 1. The van der Waals surface area contributed by atoms with E-state index in [0.29, 0.717) is 12.3 Å². The number of amides is 1. The number of anilines is 1. The molecule has 1 N–H and O–H groups in total. The fraction of sp³-hybridized carbons (Fsp3) is 0.304. The van der Waals surface area contributed by atoms with E-state index in [1.165, 1.54) is 36.1 Å². The van der Waals surface area contributed by atoms with Crippen molar-refractivity contribution in [2.24, 2.45) is 5.92 Å². The molecule has 4 rings (SSSR count). The van der Waals surface area contributed by atoms with Crippen molar-refractivity contribution in [1.29, 1.82) is 0 Å². The zero-order chi connectivity index (χ0) is 18.6. The molecule has 1 aromatic heterocycles. The number of fused-ring (bicyclic) bond motifs is 1. The molecule has 2 aromatic carbocycles. The van der Waals surface area contributed by atoms with Gasteiger partial charge in [0.25, 0.3) is 0 Å². The van der Waals surface area contributed by atoms with Crippen LogP contribution in [-0.4, -0.2) is 10.9 Å². The zero-order valence-electron chi connectivity index (χ0n) is 15.6. The molecular weight excluding hydrogens is 352 g/mol. The summed E-state index contributed by atoms with van der Waals surface area (Å²) in [6.07, 6.45) is 7.28. The SMILES string of the molecule is Cc1ccc(Sc2ccc(NC(=O)CC3CCCC3)c3ncccc23)cc1. The summed E-state index contributed by atoms with van der Waals surface area (Å²) in [6.45, 7) is 2.09. The van der Waals surface area contributed by atoms with Crippen LogP contribution < -0.4 is 5.32 Å². The van der Waals surface area contributed by atoms with Crippen molar-refractivity contribution >= 4 is 34.3 Å². The average molecular weight is 377 g/mol. The fourth-order valence-electron chi connectivity index (χ4n) is 3.75. The monoisotopic (exact) mass is 376 g/mol. The van der Waals surface area contributed by atoms with Crippen LogP contribution in [0.2, 0.25) is 0 Å². The van der Waals surface area contributed by atoms with Crippen molar-refractivity contribution in [3.63, 3.8) is 0 Å². The van der Waals surface area contributed by atoms with E-state index in [1.54, 1.807) is 18.0 Å². The first-order chi connectivity index (χ1) is 13.2. The molecule has 3 aromatic rings. The average Bonchev–Trinajstić information content (AvgIpc) is 3.18. The molecule has 0 atom stereocenters. The largest absolute Gasteiger partial charge is 0.324 e. The Morgan fingerprint density at radius 1 is 1.11 bits per heavy atom. The van der Waals surface area contributed by atoms with Crippen LogP contribution in [0.4, 0.5) is 5.69 Å². The summed E-state index contributed by atoms with van der Waals surface area (Å²) in [4.78, 5) is 19.4. The summed E-state index contributed by atoms with van der Waals surface area (Å²) >= 11 is 1.73. The number of benzene rings is 2. The van der Waals surface area contributed by atoms with E-state index >= 15 is 0 Å². The predicted molar refractivity (Wildman–Crippen MR) is 112 cm³/mol. The Morgan fingerprint density at radius 3 is 2.67 bits per heavy atom. The first-order valence-electron chi connectivity index (χ1n) is 9.61. The number of hydrogen-bond donors (Lipinski definition) is 1. The molecule has 0 radical (unpaired) electrons. The van der Waals surface area contributed by atoms with Crippen LogP contribution in [0.3, 0.4) is 0 Å². The van der Waals surface area contributed by atoms with Gasteiger partial charge >= 0.3 is 0 Å². The summed E-state index contributed by atoms with van der Waals surface area (Å²) in [6, 6.07) is 16.6. The molecule has 3 nitrogen and oxygen atoms in total. The molecule has 0 saturated heterocycles. The Bertz CT molecular complexity index is 946. The summed E-state index contributed by atoms with van der Waals surface area (Å²) in [5.74, 6) is 0.647. The number of carbonyl (C=O) groups excluding carboxylic acids is 1. The van der Waals surface area contributed by atoms with E-state index in [1.807, 2.05) is 12.1 Å². The number of aromatic nitrogens is 1. The van der Waals surface area contributed by atoms with Gasteiger partial charge in [-0.05, 0) is 56.0 Å². The zero-order valence-corrected chi connectivity index (χ0v) is 16.4. The molecule has 138 valence electrons. The molecule has 1 aliphatic carbocycles. The lowest BCUT2D eigenvalue weighted by atomic mass is 10.0. The normalized spacial score (nSPS) is 14.6. The summed E-state index contributed by atoms with van der Waals surface area (Å²) in [5, 5.41) is 4.17. The first-order valence-corrected chi connectivity index (χ1v) is 10.4. The number of rotatable bonds is 5. The highest BCUT2D eigenvalue weighted by Crippen LogP contribution is 2.36. The van der Waals surface area contributed by atoms with E-state index in [2.05, 4.69) is 53.6 Å². The Hall–Kier alpha value is -2.33. The van der Waals surface area contributed by atoms with Gasteiger partial charge in [-0.25, -0.2) is 0 Å². The first kappa shape index (κ1) is 18.1. The van der Waals surface area contributed by atoms with Crippen LogP contribution in [0.15, 0.2) is 64.5 Å². The molecule has 0 aliphatic heterocycles. The number of carbonyl (C=O) groups is 1. The maximum Gasteiger partial charge on any atom is 0.224 e. The van der Waals surface area contributed by atoms with E-state index < -0.39 is 0 Å². The van der Waals surface area contributed by atoms with Crippen molar-refractivity contribution < 1.29 is 4.79 Å². The van der Waals surface area contributed by atoms with Crippen LogP contribution in [0.1, 0.15) is 37.7 Å². The molecule has 1 aliphatic rings. The van der Waals surface area contributed by atoms with Crippen molar-refractivity contribution in [3.8, 4) is 0 Å². The van der Waals surface area contributed by atoms with Crippen LogP contribution >= 0.6 is 11.8 Å². The second kappa shape index (κ2) is 8.13. The number of nitrogens with one attached hydrogen (secondary N) is 1. The van der Waals surface area contributed by atoms with Crippen molar-refractivity contribution in [2.45, 2.75) is 48.8 Å². The Morgan fingerprint density at radius 2 is 1.89 bits per heavy atom. The lowest BCUT2D eigenvalue weighted by molar-refractivity contribution is -0.117. The third-order valence-electron chi connectivity index (χ3n) is 5.20. The highest BCUT2D eigenvalue weighted by Gasteiger charge is 2.19. The highest BCUT2D eigenvalue weighted by molar-refractivity contribution is 7.99. The van der Waals surface area contributed by atoms with Crippen LogP contribution in [0, 0.1) is 12.8 Å². The molecular formula is C23H24N2OS. The van der Waals surface area contributed by atoms with Gasteiger partial charge in [0.05, 0.1) is 11.2 Å². The molecule has 0 spiro atoms. The third-order valence-corrected chi connectivity index (χ3v) is 6.29. The van der Waals surface area contributed by atoms with Gasteiger partial charge in [-0.3, -0.25) is 9.78 Å². The molecule has 1 saturated carbocycles. The quantitative estimate of drug-likeness (QED) is 0.575.